The molecule has 0 spiro atoms. The molecule has 2 unspecified atom stereocenters. The molecule has 1 fully saturated rings. The number of hydrogen-bond acceptors (Lipinski definition) is 7. The molecule has 2 atom stereocenters. The van der Waals surface area contributed by atoms with Crippen LogP contribution in [0.2, 0.25) is 0 Å². The molecule has 4 rings (SSSR count). The van der Waals surface area contributed by atoms with Crippen molar-refractivity contribution in [1.82, 2.24) is 25.0 Å². The minimum Gasteiger partial charge on any atom is -0.497 e. The monoisotopic (exact) mass is 326 g/mol. The molecule has 0 radical (unpaired) electrons. The van der Waals surface area contributed by atoms with Crippen LogP contribution >= 0.6 is 0 Å². The number of aliphatic hydroxyl groups is 1. The first-order valence-electron chi connectivity index (χ1n) is 7.90. The number of hydrogen-bond donors (Lipinski definition) is 2. The SMILES string of the molecule is COc1ccc(-n2nnc3cnc(NC4CCC(O)C4)nc32)cc1. The lowest BCUT2D eigenvalue weighted by Gasteiger charge is -2.11. The van der Waals surface area contributed by atoms with Gasteiger partial charge in [0.2, 0.25) is 5.95 Å². The van der Waals surface area contributed by atoms with Crippen molar-refractivity contribution in [1.29, 1.82) is 0 Å². The van der Waals surface area contributed by atoms with Crippen molar-refractivity contribution in [2.45, 2.75) is 31.4 Å². The standard InChI is InChI=1S/C16H18N6O2/c1-24-13-6-3-11(4-7-13)22-15-14(20-21-22)9-17-16(19-15)18-10-2-5-12(23)8-10/h3-4,6-7,9-10,12,23H,2,5,8H2,1H3,(H,17,18,19). The fraction of sp³-hybridized carbons (Fsp3) is 0.375. The number of nitrogens with zero attached hydrogens (tertiary/aromatic N) is 5. The first kappa shape index (κ1) is 14.8. The lowest BCUT2D eigenvalue weighted by molar-refractivity contribution is 0.182. The number of rotatable bonds is 4. The topological polar surface area (TPSA) is 98.0 Å². The second-order valence-corrected chi connectivity index (χ2v) is 5.91. The van der Waals surface area contributed by atoms with Crippen LogP contribution in [0.3, 0.4) is 0 Å². The minimum atomic E-state index is -0.238. The van der Waals surface area contributed by atoms with E-state index in [1.165, 1.54) is 0 Å². The fourth-order valence-electron chi connectivity index (χ4n) is 2.97. The Hall–Kier alpha value is -2.74. The zero-order valence-corrected chi connectivity index (χ0v) is 13.3. The molecule has 1 aromatic carbocycles. The lowest BCUT2D eigenvalue weighted by Crippen LogP contribution is -2.18. The predicted octanol–water partition coefficient (Wildman–Crippen LogP) is 1.54. The minimum absolute atomic E-state index is 0.197. The van der Waals surface area contributed by atoms with Crippen LogP contribution in [0.15, 0.2) is 30.5 Å². The van der Waals surface area contributed by atoms with E-state index in [9.17, 15) is 5.11 Å². The van der Waals surface area contributed by atoms with Gasteiger partial charge in [0.05, 0.1) is 25.1 Å². The van der Waals surface area contributed by atoms with Crippen molar-refractivity contribution in [3.05, 3.63) is 30.5 Å². The number of ether oxygens (including phenoxy) is 1. The number of anilines is 1. The van der Waals surface area contributed by atoms with Gasteiger partial charge in [0, 0.05) is 6.04 Å². The highest BCUT2D eigenvalue weighted by molar-refractivity contribution is 5.72. The average molecular weight is 326 g/mol. The van der Waals surface area contributed by atoms with Crippen LogP contribution < -0.4 is 10.1 Å². The summed E-state index contributed by atoms with van der Waals surface area (Å²) >= 11 is 0. The Balaban J connectivity index is 1.65. The highest BCUT2D eigenvalue weighted by atomic mass is 16.5. The van der Waals surface area contributed by atoms with Crippen molar-refractivity contribution in [2.75, 3.05) is 12.4 Å². The van der Waals surface area contributed by atoms with Crippen LogP contribution in [0.5, 0.6) is 5.75 Å². The van der Waals surface area contributed by atoms with Gasteiger partial charge in [-0.05, 0) is 43.5 Å². The number of aliphatic hydroxyl groups excluding tert-OH is 1. The van der Waals surface area contributed by atoms with Crippen molar-refractivity contribution in [3.63, 3.8) is 0 Å². The van der Waals surface area contributed by atoms with Crippen LogP contribution in [0.25, 0.3) is 16.9 Å². The van der Waals surface area contributed by atoms with Gasteiger partial charge in [0.25, 0.3) is 0 Å². The van der Waals surface area contributed by atoms with Gasteiger partial charge in [-0.25, -0.2) is 4.98 Å². The van der Waals surface area contributed by atoms with Crippen LogP contribution in [0.1, 0.15) is 19.3 Å². The molecule has 1 saturated carbocycles. The molecule has 3 aromatic rings. The molecule has 24 heavy (non-hydrogen) atoms. The highest BCUT2D eigenvalue weighted by Gasteiger charge is 2.23. The third kappa shape index (κ3) is 2.76. The number of aromatic nitrogens is 5. The van der Waals surface area contributed by atoms with Crippen molar-refractivity contribution in [2.24, 2.45) is 0 Å². The smallest absolute Gasteiger partial charge is 0.225 e. The van der Waals surface area contributed by atoms with E-state index in [1.54, 1.807) is 18.0 Å². The molecular formula is C16H18N6O2. The fourth-order valence-corrected chi connectivity index (χ4v) is 2.97. The molecule has 0 amide bonds. The molecule has 0 bridgehead atoms. The number of methoxy groups -OCH3 is 1. The maximum absolute atomic E-state index is 9.64. The van der Waals surface area contributed by atoms with Crippen molar-refractivity contribution in [3.8, 4) is 11.4 Å². The van der Waals surface area contributed by atoms with E-state index in [1.807, 2.05) is 24.3 Å². The summed E-state index contributed by atoms with van der Waals surface area (Å²) < 4.78 is 6.85. The Morgan fingerprint density at radius 2 is 2.08 bits per heavy atom. The third-order valence-electron chi connectivity index (χ3n) is 4.25. The molecule has 1 aliphatic rings. The second-order valence-electron chi connectivity index (χ2n) is 5.91. The Kier molecular flexibility index (Phi) is 3.73. The van der Waals surface area contributed by atoms with E-state index >= 15 is 0 Å². The molecule has 2 N–H and O–H groups in total. The second kappa shape index (κ2) is 6.04. The number of fused-ring (bicyclic) bond motifs is 1. The summed E-state index contributed by atoms with van der Waals surface area (Å²) in [5.74, 6) is 1.30. The third-order valence-corrected chi connectivity index (χ3v) is 4.25. The van der Waals surface area contributed by atoms with Gasteiger partial charge in [-0.1, -0.05) is 5.21 Å². The maximum Gasteiger partial charge on any atom is 0.225 e. The van der Waals surface area contributed by atoms with Crippen LogP contribution in [-0.2, 0) is 0 Å². The molecule has 124 valence electrons. The molecule has 8 heteroatoms. The quantitative estimate of drug-likeness (QED) is 0.750. The van der Waals surface area contributed by atoms with Gasteiger partial charge in [0.1, 0.15) is 5.75 Å². The predicted molar refractivity (Wildman–Crippen MR) is 88.3 cm³/mol. The van der Waals surface area contributed by atoms with Gasteiger partial charge in [-0.15, -0.1) is 5.10 Å². The summed E-state index contributed by atoms with van der Waals surface area (Å²) in [4.78, 5) is 8.84. The number of benzene rings is 1. The van der Waals surface area contributed by atoms with E-state index in [0.717, 1.165) is 30.7 Å². The largest absolute Gasteiger partial charge is 0.497 e. The Morgan fingerprint density at radius 3 is 2.79 bits per heavy atom. The molecule has 2 heterocycles. The molecule has 0 saturated heterocycles. The molecular weight excluding hydrogens is 308 g/mol. The number of nitrogens with one attached hydrogen (secondary N) is 1. The molecule has 2 aromatic heterocycles. The Morgan fingerprint density at radius 1 is 1.25 bits per heavy atom. The van der Waals surface area contributed by atoms with E-state index in [-0.39, 0.29) is 12.1 Å². The first-order chi connectivity index (χ1) is 11.7. The zero-order chi connectivity index (χ0) is 16.5. The average Bonchev–Trinajstić information content (AvgIpc) is 3.21. The van der Waals surface area contributed by atoms with Crippen LogP contribution in [0.4, 0.5) is 5.95 Å². The summed E-state index contributed by atoms with van der Waals surface area (Å²) in [6.45, 7) is 0. The normalized spacial score (nSPS) is 20.4. The summed E-state index contributed by atoms with van der Waals surface area (Å²) in [5, 5.41) is 21.2. The van der Waals surface area contributed by atoms with Gasteiger partial charge >= 0.3 is 0 Å². The molecule has 1 aliphatic carbocycles. The van der Waals surface area contributed by atoms with Crippen LogP contribution in [0, 0.1) is 0 Å². The van der Waals surface area contributed by atoms with Gasteiger partial charge < -0.3 is 15.2 Å². The highest BCUT2D eigenvalue weighted by Crippen LogP contribution is 2.23. The summed E-state index contributed by atoms with van der Waals surface area (Å²) in [6, 6.07) is 7.72. The lowest BCUT2D eigenvalue weighted by atomic mass is 10.2. The molecule has 0 aliphatic heterocycles. The van der Waals surface area contributed by atoms with E-state index in [0.29, 0.717) is 17.1 Å². The first-order valence-corrected chi connectivity index (χ1v) is 7.90. The van der Waals surface area contributed by atoms with Crippen LogP contribution in [-0.4, -0.2) is 49.3 Å². The maximum atomic E-state index is 9.64. The van der Waals surface area contributed by atoms with Gasteiger partial charge in [0.15, 0.2) is 11.2 Å². The van der Waals surface area contributed by atoms with E-state index in [4.69, 9.17) is 4.74 Å². The summed E-state index contributed by atoms with van der Waals surface area (Å²) in [7, 11) is 1.63. The van der Waals surface area contributed by atoms with Crippen molar-refractivity contribution >= 4 is 17.1 Å². The van der Waals surface area contributed by atoms with E-state index in [2.05, 4.69) is 25.6 Å². The van der Waals surface area contributed by atoms with Gasteiger partial charge in [-0.2, -0.15) is 9.67 Å². The Bertz CT molecular complexity index is 847. The Labute approximate surface area is 138 Å². The summed E-state index contributed by atoms with van der Waals surface area (Å²) in [5.41, 5.74) is 2.11. The molecule has 8 nitrogen and oxygen atoms in total. The summed E-state index contributed by atoms with van der Waals surface area (Å²) in [6.07, 6.45) is 3.86. The van der Waals surface area contributed by atoms with Crippen molar-refractivity contribution < 1.29 is 9.84 Å². The zero-order valence-electron chi connectivity index (χ0n) is 13.3. The van der Waals surface area contributed by atoms with E-state index < -0.39 is 0 Å². The van der Waals surface area contributed by atoms with Gasteiger partial charge in [-0.3, -0.25) is 0 Å².